The molecule has 1 heterocycles. The molecular weight excluding hydrogens is 306 g/mol. The normalized spacial score (nSPS) is 20.9. The summed E-state index contributed by atoms with van der Waals surface area (Å²) in [5.74, 6) is 0.218. The van der Waals surface area contributed by atoms with E-state index in [1.165, 1.54) is 25.3 Å². The first kappa shape index (κ1) is 16.7. The van der Waals surface area contributed by atoms with Crippen LogP contribution in [-0.2, 0) is 4.74 Å². The summed E-state index contributed by atoms with van der Waals surface area (Å²) in [4.78, 5) is 24.2. The lowest BCUT2D eigenvalue weighted by Gasteiger charge is -2.28. The summed E-state index contributed by atoms with van der Waals surface area (Å²) in [5.41, 5.74) is 0.205. The number of hydrogen-bond acceptors (Lipinski definition) is 4. The van der Waals surface area contributed by atoms with Gasteiger partial charge in [0.25, 0.3) is 5.91 Å². The van der Waals surface area contributed by atoms with Crippen molar-refractivity contribution in [3.05, 3.63) is 46.3 Å². The third-order valence-corrected chi connectivity index (χ3v) is 4.61. The average Bonchev–Trinajstić information content (AvgIpc) is 2.60. The predicted molar refractivity (Wildman–Crippen MR) is 92.2 cm³/mol. The van der Waals surface area contributed by atoms with E-state index >= 15 is 0 Å². The van der Waals surface area contributed by atoms with E-state index in [1.54, 1.807) is 24.3 Å². The van der Waals surface area contributed by atoms with E-state index < -0.39 is 5.91 Å². The molecule has 1 aromatic heterocycles. The Morgan fingerprint density at radius 1 is 1.29 bits per heavy atom. The molecule has 0 spiro atoms. The number of ether oxygens (including phenoxy) is 1. The molecule has 0 bridgehead atoms. The van der Waals surface area contributed by atoms with Crippen LogP contribution in [0.25, 0.3) is 11.0 Å². The van der Waals surface area contributed by atoms with Gasteiger partial charge in [-0.2, -0.15) is 0 Å². The van der Waals surface area contributed by atoms with E-state index in [1.807, 2.05) is 0 Å². The highest BCUT2D eigenvalue weighted by molar-refractivity contribution is 5.93. The van der Waals surface area contributed by atoms with Gasteiger partial charge in [-0.15, -0.1) is 0 Å². The summed E-state index contributed by atoms with van der Waals surface area (Å²) in [6.07, 6.45) is 5.07. The second kappa shape index (κ2) is 7.62. The Labute approximate surface area is 141 Å². The number of amides is 1. The van der Waals surface area contributed by atoms with Gasteiger partial charge in [-0.3, -0.25) is 9.59 Å². The molecule has 0 saturated heterocycles. The summed E-state index contributed by atoms with van der Waals surface area (Å²) in [6, 6.07) is 8.14. The smallest absolute Gasteiger partial charge is 0.287 e. The maximum atomic E-state index is 12.2. The Morgan fingerprint density at radius 3 is 2.92 bits per heavy atom. The van der Waals surface area contributed by atoms with Gasteiger partial charge < -0.3 is 14.5 Å². The molecule has 1 aliphatic carbocycles. The highest BCUT2D eigenvalue weighted by Crippen LogP contribution is 2.25. The number of nitrogens with one attached hydrogen (secondary N) is 1. The van der Waals surface area contributed by atoms with Crippen molar-refractivity contribution in [1.82, 2.24) is 5.32 Å². The number of carbonyl (C=O) groups is 1. The number of rotatable bonds is 5. The number of fused-ring (bicyclic) bond motifs is 1. The molecule has 2 atom stereocenters. The molecule has 1 fully saturated rings. The molecule has 1 saturated carbocycles. The zero-order chi connectivity index (χ0) is 16.9. The minimum absolute atomic E-state index is 0.0322. The fraction of sp³-hybridized carbons (Fsp3) is 0.474. The molecule has 1 N–H and O–H groups in total. The maximum absolute atomic E-state index is 12.2. The quantitative estimate of drug-likeness (QED) is 0.856. The van der Waals surface area contributed by atoms with E-state index in [-0.39, 0.29) is 17.3 Å². The molecule has 1 amide bonds. The molecule has 5 nitrogen and oxygen atoms in total. The Bertz CT molecular complexity index is 767. The van der Waals surface area contributed by atoms with Crippen molar-refractivity contribution >= 4 is 16.9 Å². The van der Waals surface area contributed by atoms with Gasteiger partial charge in [0.15, 0.2) is 11.2 Å². The number of hydrogen-bond donors (Lipinski definition) is 1. The molecule has 1 aromatic carbocycles. The predicted octanol–water partition coefficient (Wildman–Crippen LogP) is 3.12. The maximum Gasteiger partial charge on any atom is 0.287 e. The molecule has 0 aliphatic heterocycles. The first-order valence-corrected chi connectivity index (χ1v) is 8.58. The lowest BCUT2D eigenvalue weighted by Crippen LogP contribution is -2.32. The van der Waals surface area contributed by atoms with Gasteiger partial charge in [0, 0.05) is 12.6 Å². The van der Waals surface area contributed by atoms with Crippen molar-refractivity contribution in [2.45, 2.75) is 38.7 Å². The lowest BCUT2D eigenvalue weighted by atomic mass is 9.88. The van der Waals surface area contributed by atoms with E-state index in [0.717, 1.165) is 6.42 Å². The minimum atomic E-state index is -0.391. The van der Waals surface area contributed by atoms with Gasteiger partial charge >= 0.3 is 0 Å². The number of carbonyl (C=O) groups excluding carboxylic acids is 1. The van der Waals surface area contributed by atoms with E-state index in [9.17, 15) is 9.59 Å². The largest absolute Gasteiger partial charge is 0.451 e. The summed E-state index contributed by atoms with van der Waals surface area (Å²) in [7, 11) is 0. The highest BCUT2D eigenvalue weighted by atomic mass is 16.5. The van der Waals surface area contributed by atoms with Crippen LogP contribution in [-0.4, -0.2) is 25.2 Å². The van der Waals surface area contributed by atoms with Crippen LogP contribution in [0.2, 0.25) is 0 Å². The van der Waals surface area contributed by atoms with Crippen LogP contribution in [0, 0.1) is 5.92 Å². The molecule has 24 heavy (non-hydrogen) atoms. The Balaban J connectivity index is 1.54. The lowest BCUT2D eigenvalue weighted by molar-refractivity contribution is -0.00300. The van der Waals surface area contributed by atoms with Gasteiger partial charge in [0.05, 0.1) is 18.1 Å². The zero-order valence-corrected chi connectivity index (χ0v) is 13.9. The second-order valence-electron chi connectivity index (χ2n) is 6.40. The number of para-hydroxylation sites is 1. The van der Waals surface area contributed by atoms with Crippen LogP contribution in [0.3, 0.4) is 0 Å². The topological polar surface area (TPSA) is 68.5 Å². The van der Waals surface area contributed by atoms with Gasteiger partial charge in [0.1, 0.15) is 5.58 Å². The summed E-state index contributed by atoms with van der Waals surface area (Å²) >= 11 is 0. The molecule has 0 radical (unpaired) electrons. The van der Waals surface area contributed by atoms with Crippen LogP contribution in [0.4, 0.5) is 0 Å². The van der Waals surface area contributed by atoms with Crippen molar-refractivity contribution in [3.8, 4) is 0 Å². The van der Waals surface area contributed by atoms with Crippen LogP contribution < -0.4 is 10.7 Å². The Morgan fingerprint density at radius 2 is 2.08 bits per heavy atom. The first-order valence-electron chi connectivity index (χ1n) is 8.58. The van der Waals surface area contributed by atoms with Crippen molar-refractivity contribution in [3.63, 3.8) is 0 Å². The average molecular weight is 329 g/mol. The first-order chi connectivity index (χ1) is 11.6. The molecule has 1 aliphatic rings. The minimum Gasteiger partial charge on any atom is -0.451 e. The van der Waals surface area contributed by atoms with E-state index in [4.69, 9.17) is 9.15 Å². The van der Waals surface area contributed by atoms with Crippen LogP contribution in [0.1, 0.15) is 43.2 Å². The third-order valence-electron chi connectivity index (χ3n) is 4.61. The van der Waals surface area contributed by atoms with Crippen molar-refractivity contribution in [1.29, 1.82) is 0 Å². The number of benzene rings is 1. The van der Waals surface area contributed by atoms with E-state index in [0.29, 0.717) is 30.0 Å². The zero-order valence-electron chi connectivity index (χ0n) is 13.9. The Hall–Kier alpha value is -2.14. The molecule has 128 valence electrons. The fourth-order valence-corrected chi connectivity index (χ4v) is 3.21. The van der Waals surface area contributed by atoms with Gasteiger partial charge in [0.2, 0.25) is 0 Å². The van der Waals surface area contributed by atoms with Gasteiger partial charge in [-0.1, -0.05) is 31.9 Å². The molecule has 0 unspecified atom stereocenters. The van der Waals surface area contributed by atoms with E-state index in [2.05, 4.69) is 12.2 Å². The van der Waals surface area contributed by atoms with Crippen LogP contribution in [0.15, 0.2) is 39.5 Å². The monoisotopic (exact) mass is 329 g/mol. The summed E-state index contributed by atoms with van der Waals surface area (Å²) in [6.45, 7) is 3.09. The van der Waals surface area contributed by atoms with Gasteiger partial charge in [-0.05, 0) is 30.9 Å². The third kappa shape index (κ3) is 3.85. The molecule has 5 heteroatoms. The molecule has 2 aromatic rings. The van der Waals surface area contributed by atoms with Crippen molar-refractivity contribution in [2.75, 3.05) is 13.2 Å². The second-order valence-corrected chi connectivity index (χ2v) is 6.40. The van der Waals surface area contributed by atoms with Crippen molar-refractivity contribution < 1.29 is 13.9 Å². The highest BCUT2D eigenvalue weighted by Gasteiger charge is 2.21. The molecular formula is C19H23NO4. The SMILES string of the molecule is C[C@@H]1CCCC[C@@H]1OCCNC(=O)c1cc(=O)c2ccccc2o1. The van der Waals surface area contributed by atoms with Gasteiger partial charge in [-0.25, -0.2) is 0 Å². The fourth-order valence-electron chi connectivity index (χ4n) is 3.21. The van der Waals surface area contributed by atoms with Crippen molar-refractivity contribution in [2.24, 2.45) is 5.92 Å². The summed E-state index contributed by atoms with van der Waals surface area (Å²) in [5, 5.41) is 3.22. The van der Waals surface area contributed by atoms with Crippen LogP contribution >= 0.6 is 0 Å². The molecule has 3 rings (SSSR count). The van der Waals surface area contributed by atoms with Crippen LogP contribution in [0.5, 0.6) is 0 Å². The summed E-state index contributed by atoms with van der Waals surface area (Å²) < 4.78 is 11.4. The Kier molecular flexibility index (Phi) is 5.30. The standard InChI is InChI=1S/C19H23NO4/c1-13-6-2-4-8-16(13)23-11-10-20-19(22)18-12-15(21)14-7-3-5-9-17(14)24-18/h3,5,7,9,12-13,16H,2,4,6,8,10-11H2,1H3,(H,20,22)/t13-,16+/m1/s1.